The first-order valence-electron chi connectivity index (χ1n) is 5.43. The van der Waals surface area contributed by atoms with Crippen LogP contribution in [0.25, 0.3) is 11.4 Å². The molecule has 0 aliphatic carbocycles. The Morgan fingerprint density at radius 2 is 2.06 bits per heavy atom. The van der Waals surface area contributed by atoms with E-state index in [1.807, 2.05) is 25.2 Å². The van der Waals surface area contributed by atoms with E-state index in [1.165, 1.54) is 10.2 Å². The van der Waals surface area contributed by atoms with Gasteiger partial charge in [-0.3, -0.25) is 0 Å². The number of aromatic nitrogens is 3. The zero-order valence-corrected chi connectivity index (χ0v) is 9.72. The van der Waals surface area contributed by atoms with Crippen LogP contribution < -0.4 is 16.9 Å². The van der Waals surface area contributed by atoms with Crippen molar-refractivity contribution in [2.24, 2.45) is 0 Å². The summed E-state index contributed by atoms with van der Waals surface area (Å²) in [6.45, 7) is 0.894. The molecule has 0 saturated carbocycles. The third-order valence-corrected chi connectivity index (χ3v) is 2.62. The number of hydrogen-bond acceptors (Lipinski definition) is 5. The maximum absolute atomic E-state index is 5.78. The van der Waals surface area contributed by atoms with E-state index >= 15 is 0 Å². The van der Waals surface area contributed by atoms with E-state index in [-0.39, 0.29) is 5.95 Å². The van der Waals surface area contributed by atoms with Crippen LogP contribution in [0, 0.1) is 0 Å². The Hall–Kier alpha value is -2.08. The fraction of sp³-hybridized carbons (Fsp3) is 0.273. The van der Waals surface area contributed by atoms with Crippen molar-refractivity contribution in [2.45, 2.75) is 6.42 Å². The second kappa shape index (κ2) is 4.84. The monoisotopic (exact) mass is 232 g/mol. The summed E-state index contributed by atoms with van der Waals surface area (Å²) in [5.74, 6) is 6.59. The molecular formula is C11H16N6. The van der Waals surface area contributed by atoms with Gasteiger partial charge < -0.3 is 16.9 Å². The fourth-order valence-corrected chi connectivity index (χ4v) is 1.70. The summed E-state index contributed by atoms with van der Waals surface area (Å²) in [4.78, 5) is 0. The summed E-state index contributed by atoms with van der Waals surface area (Å²) < 4.78 is 1.30. The lowest BCUT2D eigenvalue weighted by atomic mass is 10.0. The van der Waals surface area contributed by atoms with Crippen molar-refractivity contribution in [1.29, 1.82) is 0 Å². The van der Waals surface area contributed by atoms with Gasteiger partial charge >= 0.3 is 0 Å². The lowest BCUT2D eigenvalue weighted by Gasteiger charge is -2.08. The third kappa shape index (κ3) is 2.21. The van der Waals surface area contributed by atoms with E-state index in [2.05, 4.69) is 21.6 Å². The van der Waals surface area contributed by atoms with Crippen LogP contribution in [0.1, 0.15) is 5.56 Å². The summed E-state index contributed by atoms with van der Waals surface area (Å²) in [7, 11) is 1.92. The van der Waals surface area contributed by atoms with Crippen LogP contribution in [-0.4, -0.2) is 28.5 Å². The molecule has 0 aliphatic rings. The fourth-order valence-electron chi connectivity index (χ4n) is 1.70. The van der Waals surface area contributed by atoms with Gasteiger partial charge in [0.15, 0.2) is 5.82 Å². The number of anilines is 1. The molecule has 1 heterocycles. The highest BCUT2D eigenvalue weighted by atomic mass is 15.4. The topological polar surface area (TPSA) is 94.8 Å². The molecule has 1 aromatic heterocycles. The van der Waals surface area contributed by atoms with Crippen LogP contribution in [0.4, 0.5) is 5.95 Å². The molecular weight excluding hydrogens is 216 g/mol. The molecule has 0 saturated heterocycles. The minimum atomic E-state index is 0.211. The van der Waals surface area contributed by atoms with E-state index in [0.717, 1.165) is 18.5 Å². The molecule has 0 fully saturated rings. The summed E-state index contributed by atoms with van der Waals surface area (Å²) >= 11 is 0. The number of nitrogens with one attached hydrogen (secondary N) is 1. The number of nitrogens with two attached hydrogens (primary N) is 2. The van der Waals surface area contributed by atoms with Gasteiger partial charge in [0.25, 0.3) is 0 Å². The molecule has 0 amide bonds. The van der Waals surface area contributed by atoms with Crippen molar-refractivity contribution < 1.29 is 0 Å². The number of likely N-dealkylation sites (N-methyl/N-ethyl adjacent to an activating group) is 1. The van der Waals surface area contributed by atoms with Gasteiger partial charge in [-0.2, -0.15) is 0 Å². The van der Waals surface area contributed by atoms with Crippen LogP contribution >= 0.6 is 0 Å². The highest BCUT2D eigenvalue weighted by Crippen LogP contribution is 2.21. The van der Waals surface area contributed by atoms with Gasteiger partial charge in [-0.05, 0) is 25.6 Å². The molecule has 90 valence electrons. The molecule has 0 unspecified atom stereocenters. The molecule has 6 nitrogen and oxygen atoms in total. The Kier molecular flexibility index (Phi) is 3.24. The predicted octanol–water partition coefficient (Wildman–Crippen LogP) is 0.00300. The van der Waals surface area contributed by atoms with E-state index in [0.29, 0.717) is 5.82 Å². The smallest absolute Gasteiger partial charge is 0.241 e. The zero-order valence-electron chi connectivity index (χ0n) is 9.72. The van der Waals surface area contributed by atoms with Crippen molar-refractivity contribution in [3.05, 3.63) is 29.8 Å². The summed E-state index contributed by atoms with van der Waals surface area (Å²) in [6, 6.07) is 7.97. The maximum atomic E-state index is 5.78. The van der Waals surface area contributed by atoms with Crippen LogP contribution in [0.2, 0.25) is 0 Å². The highest BCUT2D eigenvalue weighted by Gasteiger charge is 2.12. The first kappa shape index (κ1) is 11.4. The maximum Gasteiger partial charge on any atom is 0.241 e. The molecule has 0 bridgehead atoms. The predicted molar refractivity (Wildman–Crippen MR) is 67.7 cm³/mol. The number of rotatable bonds is 4. The van der Waals surface area contributed by atoms with Gasteiger partial charge in [0.2, 0.25) is 5.95 Å². The van der Waals surface area contributed by atoms with E-state index in [9.17, 15) is 0 Å². The van der Waals surface area contributed by atoms with E-state index in [1.54, 1.807) is 0 Å². The van der Waals surface area contributed by atoms with Crippen LogP contribution in [0.3, 0.4) is 0 Å². The van der Waals surface area contributed by atoms with Gasteiger partial charge in [0, 0.05) is 5.56 Å². The third-order valence-electron chi connectivity index (χ3n) is 2.62. The Morgan fingerprint density at radius 1 is 1.29 bits per heavy atom. The Balaban J connectivity index is 2.41. The number of nitrogens with zero attached hydrogens (tertiary/aromatic N) is 3. The molecule has 17 heavy (non-hydrogen) atoms. The standard InChI is InChI=1S/C11H16N6/c1-14-7-6-8-4-2-3-5-9(8)10-15-16-11(12)17(10)13/h2-5,14H,6-7,13H2,1H3,(H2,12,16). The molecule has 0 spiro atoms. The molecule has 1 aromatic carbocycles. The van der Waals surface area contributed by atoms with Gasteiger partial charge in [0.1, 0.15) is 0 Å². The van der Waals surface area contributed by atoms with Crippen molar-refractivity contribution >= 4 is 5.95 Å². The van der Waals surface area contributed by atoms with Gasteiger partial charge in [-0.25, -0.2) is 4.68 Å². The highest BCUT2D eigenvalue weighted by molar-refractivity contribution is 5.61. The molecule has 2 rings (SSSR count). The average Bonchev–Trinajstić information content (AvgIpc) is 2.68. The first-order chi connectivity index (χ1) is 8.24. The number of benzene rings is 1. The van der Waals surface area contributed by atoms with E-state index in [4.69, 9.17) is 11.6 Å². The van der Waals surface area contributed by atoms with Crippen molar-refractivity contribution in [3.63, 3.8) is 0 Å². The van der Waals surface area contributed by atoms with Crippen LogP contribution in [0.15, 0.2) is 24.3 Å². The second-order valence-corrected chi connectivity index (χ2v) is 3.76. The average molecular weight is 232 g/mol. The Morgan fingerprint density at radius 3 is 2.71 bits per heavy atom. The SMILES string of the molecule is CNCCc1ccccc1-c1nnc(N)n1N. The largest absolute Gasteiger partial charge is 0.366 e. The molecule has 6 heteroatoms. The van der Waals surface area contributed by atoms with Crippen molar-refractivity contribution in [3.8, 4) is 11.4 Å². The first-order valence-corrected chi connectivity index (χ1v) is 5.43. The van der Waals surface area contributed by atoms with Crippen LogP contribution in [-0.2, 0) is 6.42 Å². The minimum absolute atomic E-state index is 0.211. The number of nitrogen functional groups attached to an aromatic ring is 2. The molecule has 5 N–H and O–H groups in total. The van der Waals surface area contributed by atoms with E-state index < -0.39 is 0 Å². The van der Waals surface area contributed by atoms with Gasteiger partial charge in [0.05, 0.1) is 0 Å². The molecule has 0 aliphatic heterocycles. The zero-order chi connectivity index (χ0) is 12.3. The normalized spacial score (nSPS) is 10.6. The van der Waals surface area contributed by atoms with Crippen molar-refractivity contribution in [1.82, 2.24) is 20.2 Å². The van der Waals surface area contributed by atoms with Gasteiger partial charge in [-0.15, -0.1) is 10.2 Å². The summed E-state index contributed by atoms with van der Waals surface area (Å²) in [5, 5.41) is 10.9. The van der Waals surface area contributed by atoms with Crippen LogP contribution in [0.5, 0.6) is 0 Å². The molecule has 2 aromatic rings. The summed E-state index contributed by atoms with van der Waals surface area (Å²) in [5.41, 5.74) is 7.71. The Labute approximate surface area is 99.6 Å². The number of hydrogen-bond donors (Lipinski definition) is 3. The quantitative estimate of drug-likeness (QED) is 0.645. The molecule has 0 atom stereocenters. The lowest BCUT2D eigenvalue weighted by molar-refractivity contribution is 0.791. The van der Waals surface area contributed by atoms with Crippen molar-refractivity contribution in [2.75, 3.05) is 25.2 Å². The Bertz CT molecular complexity index is 504. The minimum Gasteiger partial charge on any atom is -0.366 e. The molecule has 0 radical (unpaired) electrons. The summed E-state index contributed by atoms with van der Waals surface area (Å²) in [6.07, 6.45) is 0.902. The van der Waals surface area contributed by atoms with Gasteiger partial charge in [-0.1, -0.05) is 24.3 Å². The second-order valence-electron chi connectivity index (χ2n) is 3.76. The lowest BCUT2D eigenvalue weighted by Crippen LogP contribution is -2.15.